The maximum atomic E-state index is 12.4. The lowest BCUT2D eigenvalue weighted by Crippen LogP contribution is -2.47. The maximum Gasteiger partial charge on any atom is 0.273 e. The molecule has 126 valence electrons. The summed E-state index contributed by atoms with van der Waals surface area (Å²) in [6, 6.07) is 12.5. The van der Waals surface area contributed by atoms with Crippen molar-refractivity contribution in [2.24, 2.45) is 0 Å². The molecule has 1 N–H and O–H groups in total. The number of carbonyl (C=O) groups is 1. The van der Waals surface area contributed by atoms with Gasteiger partial charge in [-0.1, -0.05) is 35.5 Å². The highest BCUT2D eigenvalue weighted by Gasteiger charge is 2.29. The van der Waals surface area contributed by atoms with Crippen LogP contribution in [0.25, 0.3) is 0 Å². The Hall–Kier alpha value is -2.14. The summed E-state index contributed by atoms with van der Waals surface area (Å²) in [7, 11) is 0. The van der Waals surface area contributed by atoms with Crippen molar-refractivity contribution in [3.05, 3.63) is 53.4 Å². The van der Waals surface area contributed by atoms with Crippen molar-refractivity contribution < 1.29 is 9.32 Å². The molecule has 0 spiro atoms. The Bertz CT molecular complexity index is 694. The van der Waals surface area contributed by atoms with E-state index in [1.165, 1.54) is 5.56 Å². The zero-order valence-corrected chi connectivity index (χ0v) is 13.8. The molecule has 1 aromatic carbocycles. The molecule has 1 saturated heterocycles. The molecule has 1 aliphatic heterocycles. The molecule has 5 heteroatoms. The predicted molar refractivity (Wildman–Crippen MR) is 90.7 cm³/mol. The molecule has 0 bridgehead atoms. The van der Waals surface area contributed by atoms with Gasteiger partial charge in [-0.3, -0.25) is 9.69 Å². The number of aromatic nitrogens is 1. The SMILES string of the molecule is O=C(N[C@H]1CCCN(Cc2ccccc2)C1)c1cc(C2CC2)on1. The second-order valence-corrected chi connectivity index (χ2v) is 6.92. The normalized spacial score (nSPS) is 21.6. The number of hydrogen-bond donors (Lipinski definition) is 1. The van der Waals surface area contributed by atoms with Gasteiger partial charge in [0.2, 0.25) is 0 Å². The Morgan fingerprint density at radius 1 is 1.25 bits per heavy atom. The van der Waals surface area contributed by atoms with E-state index in [1.54, 1.807) is 6.07 Å². The van der Waals surface area contributed by atoms with E-state index in [0.717, 1.165) is 51.1 Å². The molecule has 0 radical (unpaired) electrons. The van der Waals surface area contributed by atoms with Crippen molar-refractivity contribution in [1.82, 2.24) is 15.4 Å². The molecule has 1 saturated carbocycles. The summed E-state index contributed by atoms with van der Waals surface area (Å²) in [6.07, 6.45) is 4.41. The topological polar surface area (TPSA) is 58.4 Å². The quantitative estimate of drug-likeness (QED) is 0.918. The van der Waals surface area contributed by atoms with Gasteiger partial charge in [0.05, 0.1) is 0 Å². The lowest BCUT2D eigenvalue weighted by Gasteiger charge is -2.33. The van der Waals surface area contributed by atoms with Crippen LogP contribution in [0.5, 0.6) is 0 Å². The summed E-state index contributed by atoms with van der Waals surface area (Å²) in [5.74, 6) is 1.22. The van der Waals surface area contributed by atoms with Crippen LogP contribution < -0.4 is 5.32 Å². The van der Waals surface area contributed by atoms with Crippen LogP contribution in [0.4, 0.5) is 0 Å². The summed E-state index contributed by atoms with van der Waals surface area (Å²) in [4.78, 5) is 14.8. The van der Waals surface area contributed by atoms with Crippen molar-refractivity contribution in [1.29, 1.82) is 0 Å². The van der Waals surface area contributed by atoms with Gasteiger partial charge in [-0.05, 0) is 37.8 Å². The maximum absolute atomic E-state index is 12.4. The largest absolute Gasteiger partial charge is 0.360 e. The number of rotatable bonds is 5. The Kier molecular flexibility index (Phi) is 4.34. The van der Waals surface area contributed by atoms with E-state index in [1.807, 2.05) is 6.07 Å². The smallest absolute Gasteiger partial charge is 0.273 e. The first-order chi connectivity index (χ1) is 11.8. The second kappa shape index (κ2) is 6.77. The van der Waals surface area contributed by atoms with E-state index in [-0.39, 0.29) is 11.9 Å². The minimum Gasteiger partial charge on any atom is -0.360 e. The number of piperidine rings is 1. The fraction of sp³-hybridized carbons (Fsp3) is 0.474. The van der Waals surface area contributed by atoms with Crippen LogP contribution in [-0.4, -0.2) is 35.1 Å². The van der Waals surface area contributed by atoms with Crippen LogP contribution in [0, 0.1) is 0 Å². The fourth-order valence-corrected chi connectivity index (χ4v) is 3.37. The van der Waals surface area contributed by atoms with Crippen molar-refractivity contribution >= 4 is 5.91 Å². The summed E-state index contributed by atoms with van der Waals surface area (Å²) >= 11 is 0. The number of hydrogen-bond acceptors (Lipinski definition) is 4. The molecule has 2 heterocycles. The number of nitrogens with one attached hydrogen (secondary N) is 1. The fourth-order valence-electron chi connectivity index (χ4n) is 3.37. The van der Waals surface area contributed by atoms with Crippen molar-refractivity contribution in [3.8, 4) is 0 Å². The minimum absolute atomic E-state index is 0.114. The third-order valence-electron chi connectivity index (χ3n) is 4.83. The van der Waals surface area contributed by atoms with Crippen molar-refractivity contribution in [3.63, 3.8) is 0 Å². The van der Waals surface area contributed by atoms with Crippen LogP contribution >= 0.6 is 0 Å². The molecular formula is C19H23N3O2. The molecule has 2 aromatic rings. The monoisotopic (exact) mass is 325 g/mol. The number of nitrogens with zero attached hydrogens (tertiary/aromatic N) is 2. The molecule has 1 aliphatic carbocycles. The molecule has 2 aliphatic rings. The first kappa shape index (κ1) is 15.4. The van der Waals surface area contributed by atoms with E-state index in [9.17, 15) is 4.79 Å². The van der Waals surface area contributed by atoms with Crippen molar-refractivity contribution in [2.75, 3.05) is 13.1 Å². The highest BCUT2D eigenvalue weighted by Crippen LogP contribution is 2.40. The van der Waals surface area contributed by atoms with Gasteiger partial charge in [-0.25, -0.2) is 0 Å². The zero-order chi connectivity index (χ0) is 16.4. The number of amides is 1. The first-order valence-electron chi connectivity index (χ1n) is 8.82. The van der Waals surface area contributed by atoms with Crippen molar-refractivity contribution in [2.45, 2.75) is 44.2 Å². The van der Waals surface area contributed by atoms with E-state index in [2.05, 4.69) is 39.6 Å². The minimum atomic E-state index is -0.114. The highest BCUT2D eigenvalue weighted by molar-refractivity contribution is 5.92. The third-order valence-corrected chi connectivity index (χ3v) is 4.83. The summed E-state index contributed by atoms with van der Waals surface area (Å²) in [5, 5.41) is 7.05. The van der Waals surface area contributed by atoms with Gasteiger partial charge in [0.25, 0.3) is 5.91 Å². The highest BCUT2D eigenvalue weighted by atomic mass is 16.5. The molecule has 4 rings (SSSR count). The molecule has 0 unspecified atom stereocenters. The van der Waals surface area contributed by atoms with E-state index in [0.29, 0.717) is 11.6 Å². The van der Waals surface area contributed by atoms with E-state index >= 15 is 0 Å². The Labute approximate surface area is 142 Å². The van der Waals surface area contributed by atoms with E-state index in [4.69, 9.17) is 4.52 Å². The molecule has 1 atom stereocenters. The van der Waals surface area contributed by atoms with Gasteiger partial charge < -0.3 is 9.84 Å². The molecule has 5 nitrogen and oxygen atoms in total. The number of likely N-dealkylation sites (tertiary alicyclic amines) is 1. The van der Waals surface area contributed by atoms with Gasteiger partial charge in [0.1, 0.15) is 5.76 Å². The zero-order valence-electron chi connectivity index (χ0n) is 13.8. The van der Waals surface area contributed by atoms with Gasteiger partial charge in [0.15, 0.2) is 5.69 Å². The van der Waals surface area contributed by atoms with Crippen LogP contribution in [-0.2, 0) is 6.54 Å². The summed E-state index contributed by atoms with van der Waals surface area (Å²) in [6.45, 7) is 2.90. The predicted octanol–water partition coefficient (Wildman–Crippen LogP) is 2.95. The lowest BCUT2D eigenvalue weighted by molar-refractivity contribution is 0.0891. The molecule has 24 heavy (non-hydrogen) atoms. The number of benzene rings is 1. The third kappa shape index (κ3) is 3.67. The summed E-state index contributed by atoms with van der Waals surface area (Å²) < 4.78 is 5.28. The average Bonchev–Trinajstić information content (AvgIpc) is 3.33. The van der Waals surface area contributed by atoms with Crippen LogP contribution in [0.2, 0.25) is 0 Å². The second-order valence-electron chi connectivity index (χ2n) is 6.92. The summed E-state index contributed by atoms with van der Waals surface area (Å²) in [5.41, 5.74) is 1.73. The first-order valence-corrected chi connectivity index (χ1v) is 8.82. The number of carbonyl (C=O) groups excluding carboxylic acids is 1. The Morgan fingerprint density at radius 3 is 2.88 bits per heavy atom. The Morgan fingerprint density at radius 2 is 2.08 bits per heavy atom. The standard InChI is InChI=1S/C19H23N3O2/c23-19(17-11-18(24-21-17)15-8-9-15)20-16-7-4-10-22(13-16)12-14-5-2-1-3-6-14/h1-3,5-6,11,15-16H,4,7-10,12-13H2,(H,20,23)/t16-/m0/s1. The van der Waals surface area contributed by atoms with Gasteiger partial charge in [-0.2, -0.15) is 0 Å². The Balaban J connectivity index is 1.32. The van der Waals surface area contributed by atoms with Gasteiger partial charge in [0, 0.05) is 31.1 Å². The van der Waals surface area contributed by atoms with Gasteiger partial charge in [-0.15, -0.1) is 0 Å². The van der Waals surface area contributed by atoms with Crippen LogP contribution in [0.15, 0.2) is 40.9 Å². The lowest BCUT2D eigenvalue weighted by atomic mass is 10.0. The van der Waals surface area contributed by atoms with Crippen LogP contribution in [0.3, 0.4) is 0 Å². The molecule has 1 amide bonds. The average molecular weight is 325 g/mol. The molecule has 2 fully saturated rings. The molecule has 1 aromatic heterocycles. The molecular weight excluding hydrogens is 302 g/mol. The van der Waals surface area contributed by atoms with Crippen LogP contribution in [0.1, 0.15) is 53.4 Å². The van der Waals surface area contributed by atoms with E-state index < -0.39 is 0 Å². The van der Waals surface area contributed by atoms with Gasteiger partial charge >= 0.3 is 0 Å².